The quantitative estimate of drug-likeness (QED) is 0.831. The molecule has 0 aliphatic rings. The van der Waals surface area contributed by atoms with E-state index in [-0.39, 0.29) is 24.2 Å². The summed E-state index contributed by atoms with van der Waals surface area (Å²) < 4.78 is 26.1. The Bertz CT molecular complexity index is 509. The minimum Gasteiger partial charge on any atom is -0.316 e. The SMILES string of the molecule is CNC(C)CNS(=O)(=O)Cc1ccc(Cl)c(Cl)c1.Cl. The van der Waals surface area contributed by atoms with Gasteiger partial charge < -0.3 is 5.32 Å². The Labute approximate surface area is 130 Å². The lowest BCUT2D eigenvalue weighted by Gasteiger charge is -2.12. The van der Waals surface area contributed by atoms with Crippen LogP contribution in [0.2, 0.25) is 10.0 Å². The van der Waals surface area contributed by atoms with Crippen LogP contribution >= 0.6 is 35.6 Å². The normalized spacial score (nSPS) is 12.8. The highest BCUT2D eigenvalue weighted by Crippen LogP contribution is 2.23. The summed E-state index contributed by atoms with van der Waals surface area (Å²) in [6, 6.07) is 4.87. The first kappa shape index (κ1) is 19.0. The van der Waals surface area contributed by atoms with E-state index in [0.717, 1.165) is 0 Å². The van der Waals surface area contributed by atoms with Crippen LogP contribution < -0.4 is 10.0 Å². The standard InChI is InChI=1S/C11H16Cl2N2O2S.ClH/c1-8(14-2)6-15-18(16,17)7-9-3-4-10(12)11(13)5-9;/h3-5,8,14-15H,6-7H2,1-2H3;1H. The Kier molecular flexibility index (Phi) is 8.27. The van der Waals surface area contributed by atoms with Gasteiger partial charge in [-0.15, -0.1) is 12.4 Å². The molecule has 110 valence electrons. The van der Waals surface area contributed by atoms with E-state index in [2.05, 4.69) is 10.0 Å². The fourth-order valence-corrected chi connectivity index (χ4v) is 2.80. The molecule has 8 heteroatoms. The second kappa shape index (κ2) is 8.29. The van der Waals surface area contributed by atoms with Crippen molar-refractivity contribution in [1.82, 2.24) is 10.0 Å². The van der Waals surface area contributed by atoms with Crippen molar-refractivity contribution in [3.05, 3.63) is 33.8 Å². The van der Waals surface area contributed by atoms with E-state index in [4.69, 9.17) is 23.2 Å². The van der Waals surface area contributed by atoms with Gasteiger partial charge in [0.2, 0.25) is 10.0 Å². The molecule has 1 atom stereocenters. The zero-order valence-corrected chi connectivity index (χ0v) is 13.8. The molecule has 0 amide bonds. The number of benzene rings is 1. The highest BCUT2D eigenvalue weighted by Gasteiger charge is 2.13. The molecule has 4 nitrogen and oxygen atoms in total. The smallest absolute Gasteiger partial charge is 0.215 e. The van der Waals surface area contributed by atoms with Gasteiger partial charge in [-0.3, -0.25) is 0 Å². The van der Waals surface area contributed by atoms with E-state index in [1.54, 1.807) is 25.2 Å². The molecule has 1 aromatic carbocycles. The van der Waals surface area contributed by atoms with Crippen molar-refractivity contribution in [2.75, 3.05) is 13.6 Å². The van der Waals surface area contributed by atoms with Crippen LogP contribution in [0.3, 0.4) is 0 Å². The molecular weight excluding hydrogens is 331 g/mol. The number of nitrogens with one attached hydrogen (secondary N) is 2. The molecule has 19 heavy (non-hydrogen) atoms. The molecule has 0 spiro atoms. The maximum Gasteiger partial charge on any atom is 0.215 e. The number of hydrogen-bond acceptors (Lipinski definition) is 3. The molecule has 0 bridgehead atoms. The summed E-state index contributed by atoms with van der Waals surface area (Å²) in [4.78, 5) is 0. The van der Waals surface area contributed by atoms with Crippen molar-refractivity contribution in [2.24, 2.45) is 0 Å². The zero-order chi connectivity index (χ0) is 13.8. The summed E-state index contributed by atoms with van der Waals surface area (Å²) in [5.41, 5.74) is 0.606. The van der Waals surface area contributed by atoms with Crippen LogP contribution in [-0.4, -0.2) is 28.1 Å². The van der Waals surface area contributed by atoms with Crippen LogP contribution in [-0.2, 0) is 15.8 Å². The first-order chi connectivity index (χ1) is 8.34. The maximum absolute atomic E-state index is 11.8. The Balaban J connectivity index is 0.00000324. The van der Waals surface area contributed by atoms with Gasteiger partial charge in [-0.25, -0.2) is 13.1 Å². The molecule has 0 saturated heterocycles. The van der Waals surface area contributed by atoms with Crippen molar-refractivity contribution < 1.29 is 8.42 Å². The number of hydrogen-bond donors (Lipinski definition) is 2. The number of rotatable bonds is 6. The minimum atomic E-state index is -3.36. The van der Waals surface area contributed by atoms with Crippen LogP contribution in [0.1, 0.15) is 12.5 Å². The molecule has 1 aromatic rings. The topological polar surface area (TPSA) is 58.2 Å². The average Bonchev–Trinajstić information content (AvgIpc) is 2.30. The van der Waals surface area contributed by atoms with Gasteiger partial charge in [0, 0.05) is 12.6 Å². The predicted octanol–water partition coefficient (Wildman–Crippen LogP) is 2.44. The Morgan fingerprint density at radius 1 is 1.26 bits per heavy atom. The maximum atomic E-state index is 11.8. The molecule has 0 heterocycles. The molecule has 0 radical (unpaired) electrons. The number of likely N-dealkylation sites (N-methyl/N-ethyl adjacent to an activating group) is 1. The lowest BCUT2D eigenvalue weighted by atomic mass is 10.2. The monoisotopic (exact) mass is 346 g/mol. The third-order valence-corrected chi connectivity index (χ3v) is 4.50. The fourth-order valence-electron chi connectivity index (χ4n) is 1.25. The third kappa shape index (κ3) is 6.79. The summed E-state index contributed by atoms with van der Waals surface area (Å²) >= 11 is 11.6. The molecule has 1 rings (SSSR count). The van der Waals surface area contributed by atoms with Crippen LogP contribution in [0.5, 0.6) is 0 Å². The fraction of sp³-hybridized carbons (Fsp3) is 0.455. The number of halogens is 3. The molecule has 0 saturated carbocycles. The second-order valence-electron chi connectivity index (χ2n) is 4.05. The van der Waals surface area contributed by atoms with E-state index >= 15 is 0 Å². The van der Waals surface area contributed by atoms with Gasteiger partial charge in [-0.05, 0) is 31.7 Å². The van der Waals surface area contributed by atoms with Crippen molar-refractivity contribution >= 4 is 45.6 Å². The van der Waals surface area contributed by atoms with Gasteiger partial charge in [0.05, 0.1) is 15.8 Å². The average molecular weight is 348 g/mol. The van der Waals surface area contributed by atoms with Crippen LogP contribution in [0.25, 0.3) is 0 Å². The third-order valence-electron chi connectivity index (χ3n) is 2.44. The molecule has 0 aromatic heterocycles. The van der Waals surface area contributed by atoms with Crippen molar-refractivity contribution in [3.8, 4) is 0 Å². The van der Waals surface area contributed by atoms with E-state index in [1.165, 1.54) is 0 Å². The van der Waals surface area contributed by atoms with E-state index in [1.807, 2.05) is 6.92 Å². The van der Waals surface area contributed by atoms with Crippen LogP contribution in [0.4, 0.5) is 0 Å². The van der Waals surface area contributed by atoms with Gasteiger partial charge >= 0.3 is 0 Å². The van der Waals surface area contributed by atoms with Crippen molar-refractivity contribution in [3.63, 3.8) is 0 Å². The summed E-state index contributed by atoms with van der Waals surface area (Å²) in [7, 11) is -1.59. The summed E-state index contributed by atoms with van der Waals surface area (Å²) in [6.07, 6.45) is 0. The van der Waals surface area contributed by atoms with E-state index in [9.17, 15) is 8.42 Å². The summed E-state index contributed by atoms with van der Waals surface area (Å²) in [5, 5.41) is 3.72. The second-order valence-corrected chi connectivity index (χ2v) is 6.67. The Morgan fingerprint density at radius 2 is 1.89 bits per heavy atom. The first-order valence-corrected chi connectivity index (χ1v) is 7.83. The molecule has 0 aliphatic heterocycles. The van der Waals surface area contributed by atoms with Crippen LogP contribution in [0, 0.1) is 0 Å². The van der Waals surface area contributed by atoms with Gasteiger partial charge in [-0.2, -0.15) is 0 Å². The largest absolute Gasteiger partial charge is 0.316 e. The highest BCUT2D eigenvalue weighted by atomic mass is 35.5. The van der Waals surface area contributed by atoms with E-state index < -0.39 is 10.0 Å². The lowest BCUT2D eigenvalue weighted by molar-refractivity contribution is 0.553. The zero-order valence-electron chi connectivity index (χ0n) is 10.6. The van der Waals surface area contributed by atoms with Gasteiger partial charge in [-0.1, -0.05) is 29.3 Å². The highest BCUT2D eigenvalue weighted by molar-refractivity contribution is 7.88. The molecular formula is C11H17Cl3N2O2S. The van der Waals surface area contributed by atoms with Gasteiger partial charge in [0.25, 0.3) is 0 Å². The van der Waals surface area contributed by atoms with Crippen LogP contribution in [0.15, 0.2) is 18.2 Å². The summed E-state index contributed by atoms with van der Waals surface area (Å²) in [6.45, 7) is 2.24. The predicted molar refractivity (Wildman–Crippen MR) is 82.9 cm³/mol. The molecule has 1 unspecified atom stereocenters. The molecule has 0 fully saturated rings. The molecule has 0 aliphatic carbocycles. The van der Waals surface area contributed by atoms with Crippen molar-refractivity contribution in [2.45, 2.75) is 18.7 Å². The van der Waals surface area contributed by atoms with E-state index in [0.29, 0.717) is 22.2 Å². The Hall–Kier alpha value is -0.0400. The summed E-state index contributed by atoms with van der Waals surface area (Å²) in [5.74, 6) is -0.111. The minimum absolute atomic E-state index is 0. The van der Waals surface area contributed by atoms with Crippen molar-refractivity contribution in [1.29, 1.82) is 0 Å². The van der Waals surface area contributed by atoms with Gasteiger partial charge in [0.15, 0.2) is 0 Å². The molecule has 2 N–H and O–H groups in total. The first-order valence-electron chi connectivity index (χ1n) is 5.42. The van der Waals surface area contributed by atoms with Gasteiger partial charge in [0.1, 0.15) is 0 Å². The number of sulfonamides is 1. The Morgan fingerprint density at radius 3 is 2.42 bits per heavy atom. The lowest BCUT2D eigenvalue weighted by Crippen LogP contribution is -2.37.